The van der Waals surface area contributed by atoms with Gasteiger partial charge in [0.2, 0.25) is 0 Å². The van der Waals surface area contributed by atoms with Gasteiger partial charge in [-0.05, 0) is 84.4 Å². The van der Waals surface area contributed by atoms with Crippen molar-refractivity contribution in [2.75, 3.05) is 0 Å². The van der Waals surface area contributed by atoms with Crippen LogP contribution in [0.4, 0.5) is 0 Å². The monoisotopic (exact) mass is 677 g/mol. The second-order valence-corrected chi connectivity index (χ2v) is 13.1. The number of fused-ring (bicyclic) bond motifs is 5. The number of rotatable bonds is 7. The second kappa shape index (κ2) is 13.6. The van der Waals surface area contributed by atoms with Gasteiger partial charge in [0, 0.05) is 16.7 Å². The van der Waals surface area contributed by atoms with Crippen molar-refractivity contribution in [2.45, 2.75) is 6.92 Å². The number of aromatic nitrogens is 3. The van der Waals surface area contributed by atoms with Crippen molar-refractivity contribution in [2.24, 2.45) is 0 Å². The minimum atomic E-state index is 0.646. The van der Waals surface area contributed by atoms with Crippen LogP contribution in [-0.4, -0.2) is 15.0 Å². The summed E-state index contributed by atoms with van der Waals surface area (Å²) >= 11 is 0. The van der Waals surface area contributed by atoms with Crippen molar-refractivity contribution in [1.29, 1.82) is 0 Å². The fraction of sp³-hybridized carbons (Fsp3) is 0.0200. The molecular weight excluding hydrogens is 643 g/mol. The summed E-state index contributed by atoms with van der Waals surface area (Å²) in [6, 6.07) is 55.6. The molecule has 3 heteroatoms. The molecule has 0 unspecified atom stereocenters. The molecule has 3 nitrogen and oxygen atoms in total. The van der Waals surface area contributed by atoms with E-state index in [0.29, 0.717) is 17.5 Å². The van der Waals surface area contributed by atoms with E-state index in [1.807, 2.05) is 42.5 Å². The van der Waals surface area contributed by atoms with Crippen LogP contribution in [0.1, 0.15) is 12.5 Å². The fourth-order valence-corrected chi connectivity index (χ4v) is 7.64. The summed E-state index contributed by atoms with van der Waals surface area (Å²) in [7, 11) is 0. The fourth-order valence-electron chi connectivity index (χ4n) is 7.64. The number of benzene rings is 8. The Morgan fingerprint density at radius 3 is 1.49 bits per heavy atom. The lowest BCUT2D eigenvalue weighted by Gasteiger charge is -2.18. The lowest BCUT2D eigenvalue weighted by Crippen LogP contribution is -2.01. The van der Waals surface area contributed by atoms with Crippen molar-refractivity contribution in [3.63, 3.8) is 0 Å². The SMILES string of the molecule is C=C/C=C(\C=C/C)c1cc2ccc(-c3c4ccccc4c(-c4nc(-c5ccccc5)nc(-c5ccccc5)n4)c4ccccc34)cc2c2ccccc12. The first kappa shape index (κ1) is 32.0. The van der Waals surface area contributed by atoms with E-state index in [1.54, 1.807) is 0 Å². The molecule has 0 fully saturated rings. The van der Waals surface area contributed by atoms with E-state index in [4.69, 9.17) is 15.0 Å². The minimum Gasteiger partial charge on any atom is -0.208 e. The van der Waals surface area contributed by atoms with Gasteiger partial charge in [0.15, 0.2) is 17.5 Å². The third-order valence-electron chi connectivity index (χ3n) is 9.96. The Hall–Kier alpha value is -6.97. The van der Waals surface area contributed by atoms with Crippen molar-refractivity contribution in [1.82, 2.24) is 15.0 Å². The predicted octanol–water partition coefficient (Wildman–Crippen LogP) is 13.3. The van der Waals surface area contributed by atoms with Crippen molar-refractivity contribution < 1.29 is 0 Å². The van der Waals surface area contributed by atoms with Crippen LogP contribution >= 0.6 is 0 Å². The molecule has 1 heterocycles. The Morgan fingerprint density at radius 2 is 0.943 bits per heavy atom. The number of allylic oxidation sites excluding steroid dienone is 5. The maximum atomic E-state index is 5.19. The highest BCUT2D eigenvalue weighted by atomic mass is 15.0. The van der Waals surface area contributed by atoms with Crippen molar-refractivity contribution in [3.8, 4) is 45.3 Å². The van der Waals surface area contributed by atoms with Crippen LogP contribution in [-0.2, 0) is 0 Å². The normalized spacial score (nSPS) is 12.0. The van der Waals surface area contributed by atoms with Crippen LogP contribution in [0.15, 0.2) is 189 Å². The highest BCUT2D eigenvalue weighted by Gasteiger charge is 2.21. The van der Waals surface area contributed by atoms with Crippen LogP contribution in [0, 0.1) is 0 Å². The molecule has 0 amide bonds. The van der Waals surface area contributed by atoms with Gasteiger partial charge < -0.3 is 0 Å². The van der Waals surface area contributed by atoms with Gasteiger partial charge in [-0.3, -0.25) is 0 Å². The predicted molar refractivity (Wildman–Crippen MR) is 225 cm³/mol. The molecule has 0 aliphatic heterocycles. The molecule has 0 aliphatic rings. The van der Waals surface area contributed by atoms with Gasteiger partial charge in [0.25, 0.3) is 0 Å². The molecule has 0 radical (unpaired) electrons. The minimum absolute atomic E-state index is 0.646. The van der Waals surface area contributed by atoms with E-state index in [9.17, 15) is 0 Å². The molecular formula is C50H35N3. The van der Waals surface area contributed by atoms with E-state index in [-0.39, 0.29) is 0 Å². The first-order chi connectivity index (χ1) is 26.2. The Morgan fingerprint density at radius 1 is 0.453 bits per heavy atom. The van der Waals surface area contributed by atoms with Gasteiger partial charge in [-0.2, -0.15) is 0 Å². The number of nitrogens with zero attached hydrogens (tertiary/aromatic N) is 3. The van der Waals surface area contributed by atoms with Gasteiger partial charge in [-0.25, -0.2) is 15.0 Å². The summed E-state index contributed by atoms with van der Waals surface area (Å²) in [5.41, 5.74) is 7.58. The molecule has 0 saturated heterocycles. The highest BCUT2D eigenvalue weighted by Crippen LogP contribution is 2.44. The summed E-state index contributed by atoms with van der Waals surface area (Å²) in [5.74, 6) is 1.94. The summed E-state index contributed by atoms with van der Waals surface area (Å²) in [6.45, 7) is 6.04. The van der Waals surface area contributed by atoms with E-state index < -0.39 is 0 Å². The molecule has 0 bridgehead atoms. The molecule has 0 spiro atoms. The topological polar surface area (TPSA) is 38.7 Å². The highest BCUT2D eigenvalue weighted by molar-refractivity contribution is 6.22. The van der Waals surface area contributed by atoms with Crippen LogP contribution in [0.3, 0.4) is 0 Å². The lowest BCUT2D eigenvalue weighted by atomic mass is 9.86. The average molecular weight is 678 g/mol. The molecule has 8 aromatic carbocycles. The second-order valence-electron chi connectivity index (χ2n) is 13.1. The van der Waals surface area contributed by atoms with Crippen LogP contribution in [0.2, 0.25) is 0 Å². The van der Waals surface area contributed by atoms with Crippen LogP contribution in [0.5, 0.6) is 0 Å². The molecule has 0 aliphatic carbocycles. The maximum Gasteiger partial charge on any atom is 0.165 e. The Labute approximate surface area is 309 Å². The molecule has 9 rings (SSSR count). The van der Waals surface area contributed by atoms with E-state index in [1.165, 1.54) is 32.7 Å². The molecule has 1 aromatic heterocycles. The largest absolute Gasteiger partial charge is 0.208 e. The zero-order chi connectivity index (χ0) is 35.7. The zero-order valence-electron chi connectivity index (χ0n) is 29.4. The first-order valence-corrected chi connectivity index (χ1v) is 17.9. The van der Waals surface area contributed by atoms with E-state index in [0.717, 1.165) is 49.4 Å². The summed E-state index contributed by atoms with van der Waals surface area (Å²) in [4.78, 5) is 15.4. The molecule has 0 saturated carbocycles. The standard InChI is InChI=1S/C50H35N3/c1-3-17-33(18-4-2)44-31-36-29-30-37(32-45(36)39-24-12-11-23-38(39)44)46-40-25-13-15-27-42(40)47(43-28-16-14-26-41(43)46)50-52-48(34-19-7-5-8-20-34)51-49(53-50)35-21-9-6-10-22-35/h3-32H,1H2,2H3/b18-4-,33-17+. The quantitative estimate of drug-likeness (QED) is 0.0957. The van der Waals surface area contributed by atoms with Gasteiger partial charge in [-0.1, -0.05) is 176 Å². The Bertz CT molecular complexity index is 2790. The smallest absolute Gasteiger partial charge is 0.165 e. The van der Waals surface area contributed by atoms with Crippen LogP contribution < -0.4 is 0 Å². The van der Waals surface area contributed by atoms with Gasteiger partial charge in [0.1, 0.15) is 0 Å². The molecule has 9 aromatic rings. The molecule has 0 N–H and O–H groups in total. The number of hydrogen-bond acceptors (Lipinski definition) is 3. The maximum absolute atomic E-state index is 5.19. The van der Waals surface area contributed by atoms with Gasteiger partial charge >= 0.3 is 0 Å². The number of hydrogen-bond donors (Lipinski definition) is 0. The summed E-state index contributed by atoms with van der Waals surface area (Å²) < 4.78 is 0. The van der Waals surface area contributed by atoms with Gasteiger partial charge in [-0.15, -0.1) is 0 Å². The zero-order valence-corrected chi connectivity index (χ0v) is 29.4. The van der Waals surface area contributed by atoms with Crippen LogP contribution in [0.25, 0.3) is 94.0 Å². The Balaban J connectivity index is 1.32. The Kier molecular flexibility index (Phi) is 8.22. The molecule has 250 valence electrons. The lowest BCUT2D eigenvalue weighted by molar-refractivity contribution is 1.08. The van der Waals surface area contributed by atoms with E-state index in [2.05, 4.69) is 153 Å². The summed E-state index contributed by atoms with van der Waals surface area (Å²) in [6.07, 6.45) is 8.18. The third kappa shape index (κ3) is 5.69. The van der Waals surface area contributed by atoms with E-state index >= 15 is 0 Å². The third-order valence-corrected chi connectivity index (χ3v) is 9.96. The van der Waals surface area contributed by atoms with Gasteiger partial charge in [0.05, 0.1) is 0 Å². The molecule has 53 heavy (non-hydrogen) atoms. The average Bonchev–Trinajstić information content (AvgIpc) is 3.22. The van der Waals surface area contributed by atoms with Crippen molar-refractivity contribution in [3.05, 3.63) is 194 Å². The first-order valence-electron chi connectivity index (χ1n) is 17.9. The summed E-state index contributed by atoms with van der Waals surface area (Å²) in [5, 5.41) is 9.33. The van der Waals surface area contributed by atoms with Crippen molar-refractivity contribution >= 4 is 48.7 Å². The molecule has 0 atom stereocenters.